The summed E-state index contributed by atoms with van der Waals surface area (Å²) in [6.07, 6.45) is 7.71. The first-order valence-electron chi connectivity index (χ1n) is 11.6. The van der Waals surface area contributed by atoms with E-state index in [-0.39, 0.29) is 59.5 Å². The molecular weight excluding hydrogens is 442 g/mol. The number of likely N-dealkylation sites (tertiary alicyclic amines) is 1. The zero-order valence-corrected chi connectivity index (χ0v) is 19.9. The Bertz CT molecular complexity index is 1030. The Morgan fingerprint density at radius 3 is 2.06 bits per heavy atom. The SMILES string of the molecule is C[C@@H]1CCC[C@@H](C)N1S(=O)(=O)c1ccc(NC(=O)CCN2C(=O)[C@H]3CC=CC[C@H]3C2=O)cc1. The highest BCUT2D eigenvalue weighted by Crippen LogP contribution is 2.35. The summed E-state index contributed by atoms with van der Waals surface area (Å²) in [4.78, 5) is 38.8. The second-order valence-electron chi connectivity index (χ2n) is 9.27. The standard InChI is InChI=1S/C24H31N3O5S/c1-16-6-5-7-17(2)27(16)33(31,32)19-12-10-18(11-13-19)25-22(28)14-15-26-23(29)20-8-3-4-9-21(20)24(26)30/h3-4,10-13,16-17,20-21H,5-9,14-15H2,1-2H3,(H,25,28)/t16-,17-,20-,21+/m1/s1. The molecule has 0 radical (unpaired) electrons. The molecule has 0 unspecified atom stereocenters. The lowest BCUT2D eigenvalue weighted by Crippen LogP contribution is -2.47. The molecule has 1 aromatic rings. The van der Waals surface area contributed by atoms with E-state index < -0.39 is 10.0 Å². The van der Waals surface area contributed by atoms with Crippen LogP contribution in [0.4, 0.5) is 5.69 Å². The smallest absolute Gasteiger partial charge is 0.243 e. The lowest BCUT2D eigenvalue weighted by Gasteiger charge is -2.37. The maximum Gasteiger partial charge on any atom is 0.243 e. The summed E-state index contributed by atoms with van der Waals surface area (Å²) < 4.78 is 27.8. The van der Waals surface area contributed by atoms with Crippen molar-refractivity contribution in [2.75, 3.05) is 11.9 Å². The van der Waals surface area contributed by atoms with E-state index in [1.165, 1.54) is 17.0 Å². The number of nitrogens with zero attached hydrogens (tertiary/aromatic N) is 2. The van der Waals surface area contributed by atoms with E-state index in [1.54, 1.807) is 16.4 Å². The number of allylic oxidation sites excluding steroid dienone is 2. The monoisotopic (exact) mass is 473 g/mol. The zero-order valence-electron chi connectivity index (χ0n) is 19.1. The molecule has 8 nitrogen and oxygen atoms in total. The van der Waals surface area contributed by atoms with Gasteiger partial charge in [0, 0.05) is 30.7 Å². The Balaban J connectivity index is 1.35. The van der Waals surface area contributed by atoms with Crippen molar-refractivity contribution < 1.29 is 22.8 Å². The molecule has 0 bridgehead atoms. The number of carbonyl (C=O) groups is 3. The molecule has 1 aromatic carbocycles. The Kier molecular flexibility index (Phi) is 6.72. The molecule has 0 spiro atoms. The van der Waals surface area contributed by atoms with Crippen molar-refractivity contribution >= 4 is 33.4 Å². The van der Waals surface area contributed by atoms with E-state index in [4.69, 9.17) is 0 Å². The van der Waals surface area contributed by atoms with Crippen LogP contribution in [0, 0.1) is 11.8 Å². The summed E-state index contributed by atoms with van der Waals surface area (Å²) in [6.45, 7) is 3.92. The predicted octanol–water partition coefficient (Wildman–Crippen LogP) is 2.92. The molecule has 2 aliphatic heterocycles. The van der Waals surface area contributed by atoms with Gasteiger partial charge in [-0.1, -0.05) is 18.6 Å². The number of hydrogen-bond acceptors (Lipinski definition) is 5. The number of nitrogens with one attached hydrogen (secondary N) is 1. The molecule has 2 fully saturated rings. The van der Waals surface area contributed by atoms with E-state index in [9.17, 15) is 22.8 Å². The average Bonchev–Trinajstić information content (AvgIpc) is 3.02. The van der Waals surface area contributed by atoms with Crippen molar-refractivity contribution in [3.8, 4) is 0 Å². The van der Waals surface area contributed by atoms with Crippen LogP contribution in [0.2, 0.25) is 0 Å². The number of benzene rings is 1. The van der Waals surface area contributed by atoms with Gasteiger partial charge in [0.25, 0.3) is 0 Å². The summed E-state index contributed by atoms with van der Waals surface area (Å²) in [7, 11) is -3.62. The van der Waals surface area contributed by atoms with Crippen LogP contribution in [-0.4, -0.2) is 54.0 Å². The van der Waals surface area contributed by atoms with E-state index in [2.05, 4.69) is 5.32 Å². The molecule has 0 aromatic heterocycles. The lowest BCUT2D eigenvalue weighted by atomic mass is 9.85. The highest BCUT2D eigenvalue weighted by atomic mass is 32.2. The van der Waals surface area contributed by atoms with Gasteiger partial charge >= 0.3 is 0 Å². The summed E-state index contributed by atoms with van der Waals surface area (Å²) in [5.74, 6) is -1.33. The van der Waals surface area contributed by atoms with Crippen LogP contribution in [0.25, 0.3) is 0 Å². The maximum atomic E-state index is 13.1. The predicted molar refractivity (Wildman–Crippen MR) is 124 cm³/mol. The van der Waals surface area contributed by atoms with Gasteiger partial charge in [0.15, 0.2) is 0 Å². The Morgan fingerprint density at radius 2 is 1.52 bits per heavy atom. The van der Waals surface area contributed by atoms with Crippen LogP contribution in [0.15, 0.2) is 41.3 Å². The maximum absolute atomic E-state index is 13.1. The largest absolute Gasteiger partial charge is 0.326 e. The first-order valence-corrected chi connectivity index (χ1v) is 13.1. The number of hydrogen-bond donors (Lipinski definition) is 1. The molecule has 0 saturated carbocycles. The van der Waals surface area contributed by atoms with Crippen molar-refractivity contribution in [2.45, 2.75) is 69.4 Å². The van der Waals surface area contributed by atoms with E-state index in [1.807, 2.05) is 26.0 Å². The minimum atomic E-state index is -3.62. The van der Waals surface area contributed by atoms with Gasteiger partial charge in [-0.25, -0.2) is 8.42 Å². The molecule has 33 heavy (non-hydrogen) atoms. The third-order valence-electron chi connectivity index (χ3n) is 6.99. The first kappa shape index (κ1) is 23.6. The number of rotatable bonds is 6. The lowest BCUT2D eigenvalue weighted by molar-refractivity contribution is -0.140. The van der Waals surface area contributed by atoms with Crippen molar-refractivity contribution in [3.05, 3.63) is 36.4 Å². The van der Waals surface area contributed by atoms with Gasteiger partial charge in [-0.2, -0.15) is 4.31 Å². The van der Waals surface area contributed by atoms with E-state index in [0.29, 0.717) is 18.5 Å². The van der Waals surface area contributed by atoms with Crippen molar-refractivity contribution in [1.82, 2.24) is 9.21 Å². The number of sulfonamides is 1. The summed E-state index contributed by atoms with van der Waals surface area (Å²) in [6, 6.07) is 6.05. The highest BCUT2D eigenvalue weighted by molar-refractivity contribution is 7.89. The first-order chi connectivity index (χ1) is 15.7. The molecule has 1 N–H and O–H groups in total. The minimum Gasteiger partial charge on any atom is -0.326 e. The summed E-state index contributed by atoms with van der Waals surface area (Å²) in [5, 5.41) is 2.73. The number of fused-ring (bicyclic) bond motifs is 1. The van der Waals surface area contributed by atoms with Crippen LogP contribution in [-0.2, 0) is 24.4 Å². The Labute approximate surface area is 195 Å². The van der Waals surface area contributed by atoms with E-state index in [0.717, 1.165) is 19.3 Å². The van der Waals surface area contributed by atoms with Crippen LogP contribution >= 0.6 is 0 Å². The molecule has 178 valence electrons. The number of anilines is 1. The number of piperidine rings is 1. The average molecular weight is 474 g/mol. The van der Waals surface area contributed by atoms with Gasteiger partial charge in [-0.05, 0) is 63.8 Å². The van der Waals surface area contributed by atoms with Gasteiger partial charge < -0.3 is 5.32 Å². The molecule has 4 atom stereocenters. The van der Waals surface area contributed by atoms with Crippen LogP contribution in [0.1, 0.15) is 52.4 Å². The molecule has 1 aliphatic carbocycles. The zero-order chi connectivity index (χ0) is 23.8. The van der Waals surface area contributed by atoms with Gasteiger partial charge in [-0.3, -0.25) is 19.3 Å². The Hall–Kier alpha value is -2.52. The van der Waals surface area contributed by atoms with Gasteiger partial charge in [-0.15, -0.1) is 0 Å². The fourth-order valence-electron chi connectivity index (χ4n) is 5.23. The number of amides is 3. The van der Waals surface area contributed by atoms with Crippen LogP contribution in [0.5, 0.6) is 0 Å². The fraction of sp³-hybridized carbons (Fsp3) is 0.542. The minimum absolute atomic E-state index is 0.00674. The van der Waals surface area contributed by atoms with Crippen LogP contribution in [0.3, 0.4) is 0 Å². The summed E-state index contributed by atoms with van der Waals surface area (Å²) >= 11 is 0. The van der Waals surface area contributed by atoms with Crippen molar-refractivity contribution in [1.29, 1.82) is 0 Å². The molecule has 9 heteroatoms. The second-order valence-corrected chi connectivity index (χ2v) is 11.1. The molecule has 3 amide bonds. The fourth-order valence-corrected chi connectivity index (χ4v) is 7.11. The highest BCUT2D eigenvalue weighted by Gasteiger charge is 2.46. The second kappa shape index (κ2) is 9.38. The summed E-state index contributed by atoms with van der Waals surface area (Å²) in [5.41, 5.74) is 0.468. The molecular formula is C24H31N3O5S. The number of carbonyl (C=O) groups excluding carboxylic acids is 3. The molecule has 2 heterocycles. The molecule has 4 rings (SSSR count). The van der Waals surface area contributed by atoms with Gasteiger partial charge in [0.1, 0.15) is 0 Å². The third kappa shape index (κ3) is 4.61. The van der Waals surface area contributed by atoms with Gasteiger partial charge in [0.2, 0.25) is 27.7 Å². The van der Waals surface area contributed by atoms with Gasteiger partial charge in [0.05, 0.1) is 16.7 Å². The van der Waals surface area contributed by atoms with Crippen LogP contribution < -0.4 is 5.32 Å². The number of imide groups is 1. The topological polar surface area (TPSA) is 104 Å². The molecule has 2 saturated heterocycles. The quantitative estimate of drug-likeness (QED) is 0.505. The third-order valence-corrected chi connectivity index (χ3v) is 9.13. The Morgan fingerprint density at radius 1 is 0.970 bits per heavy atom. The van der Waals surface area contributed by atoms with Crippen molar-refractivity contribution in [3.63, 3.8) is 0 Å². The normalized spacial score (nSPS) is 28.1. The van der Waals surface area contributed by atoms with Crippen molar-refractivity contribution in [2.24, 2.45) is 11.8 Å². The molecule has 3 aliphatic rings. The van der Waals surface area contributed by atoms with E-state index >= 15 is 0 Å².